The van der Waals surface area contributed by atoms with Crippen LogP contribution >= 0.6 is 0 Å². The highest BCUT2D eigenvalue weighted by molar-refractivity contribution is 5.92. The Morgan fingerprint density at radius 1 is 1.50 bits per heavy atom. The minimum Gasteiger partial charge on any atom is -0.384 e. The predicted octanol–water partition coefficient (Wildman–Crippen LogP) is 2.15. The van der Waals surface area contributed by atoms with Crippen molar-refractivity contribution in [1.82, 2.24) is 9.88 Å². The van der Waals surface area contributed by atoms with E-state index in [9.17, 15) is 4.79 Å². The van der Waals surface area contributed by atoms with Gasteiger partial charge in [0.2, 0.25) is 0 Å². The Bertz CT molecular complexity index is 433. The number of carbonyl (C=O) groups is 1. The number of ether oxygens (including phenoxy) is 1. The molecule has 1 atom stereocenters. The second kappa shape index (κ2) is 7.24. The molecule has 5 nitrogen and oxygen atoms in total. The molecule has 1 aliphatic rings. The number of hydrogen-bond donors (Lipinski definition) is 1. The van der Waals surface area contributed by atoms with Crippen LogP contribution in [0.15, 0.2) is 18.3 Å². The quantitative estimate of drug-likeness (QED) is 0.896. The average Bonchev–Trinajstić information content (AvgIpc) is 2.52. The molecule has 1 N–H and O–H groups in total. The van der Waals surface area contributed by atoms with E-state index in [0.29, 0.717) is 25.4 Å². The van der Waals surface area contributed by atoms with Crippen LogP contribution in [0.4, 0.5) is 5.69 Å². The third-order valence-corrected chi connectivity index (χ3v) is 3.44. The first-order valence-electron chi connectivity index (χ1n) is 7.35. The van der Waals surface area contributed by atoms with Gasteiger partial charge in [0.1, 0.15) is 5.69 Å². The Hall–Kier alpha value is -1.62. The van der Waals surface area contributed by atoms with Crippen LogP contribution in [0, 0.1) is 0 Å². The standard InChI is InChI=1S/C15H23N3O2/c1-3-7-16-12-5-6-14(17-10-12)15(19)18-8-9-20-13(4-2)11-18/h5-6,10,13,16H,3-4,7-9,11H2,1-2H3. The van der Waals surface area contributed by atoms with Crippen molar-refractivity contribution < 1.29 is 9.53 Å². The summed E-state index contributed by atoms with van der Waals surface area (Å²) >= 11 is 0. The normalized spacial score (nSPS) is 18.9. The van der Waals surface area contributed by atoms with E-state index in [2.05, 4.69) is 24.1 Å². The molecule has 1 aliphatic heterocycles. The van der Waals surface area contributed by atoms with Gasteiger partial charge in [0.05, 0.1) is 24.6 Å². The molecule has 0 saturated carbocycles. The van der Waals surface area contributed by atoms with E-state index in [1.165, 1.54) is 0 Å². The second-order valence-electron chi connectivity index (χ2n) is 5.01. The summed E-state index contributed by atoms with van der Waals surface area (Å²) in [6.07, 6.45) is 3.86. The van der Waals surface area contributed by atoms with Crippen molar-refractivity contribution >= 4 is 11.6 Å². The van der Waals surface area contributed by atoms with Crippen molar-refractivity contribution in [2.75, 3.05) is 31.6 Å². The Balaban J connectivity index is 1.98. The lowest BCUT2D eigenvalue weighted by Crippen LogP contribution is -2.45. The van der Waals surface area contributed by atoms with Gasteiger partial charge in [0.15, 0.2) is 0 Å². The van der Waals surface area contributed by atoms with Crippen LogP contribution in [-0.4, -0.2) is 48.1 Å². The molecule has 1 unspecified atom stereocenters. The van der Waals surface area contributed by atoms with Crippen molar-refractivity contribution in [3.63, 3.8) is 0 Å². The van der Waals surface area contributed by atoms with E-state index in [-0.39, 0.29) is 12.0 Å². The van der Waals surface area contributed by atoms with Crippen LogP contribution in [-0.2, 0) is 4.74 Å². The number of amides is 1. The smallest absolute Gasteiger partial charge is 0.272 e. The summed E-state index contributed by atoms with van der Waals surface area (Å²) in [5, 5.41) is 3.25. The van der Waals surface area contributed by atoms with Crippen molar-refractivity contribution in [2.24, 2.45) is 0 Å². The first-order valence-corrected chi connectivity index (χ1v) is 7.35. The van der Waals surface area contributed by atoms with Gasteiger partial charge in [-0.25, -0.2) is 4.98 Å². The summed E-state index contributed by atoms with van der Waals surface area (Å²) in [6, 6.07) is 3.70. The minimum absolute atomic E-state index is 0.00575. The molecule has 0 spiro atoms. The summed E-state index contributed by atoms with van der Waals surface area (Å²) in [4.78, 5) is 18.5. The Kier molecular flexibility index (Phi) is 5.35. The molecule has 0 aromatic carbocycles. The van der Waals surface area contributed by atoms with E-state index in [1.807, 2.05) is 11.0 Å². The minimum atomic E-state index is -0.00575. The van der Waals surface area contributed by atoms with Crippen molar-refractivity contribution in [2.45, 2.75) is 32.8 Å². The van der Waals surface area contributed by atoms with Crippen LogP contribution < -0.4 is 5.32 Å². The number of hydrogen-bond acceptors (Lipinski definition) is 4. The number of pyridine rings is 1. The molecule has 0 aliphatic carbocycles. The van der Waals surface area contributed by atoms with Crippen LogP contribution in [0.3, 0.4) is 0 Å². The predicted molar refractivity (Wildman–Crippen MR) is 79.0 cm³/mol. The zero-order valence-corrected chi connectivity index (χ0v) is 12.3. The highest BCUT2D eigenvalue weighted by atomic mass is 16.5. The molecule has 110 valence electrons. The monoisotopic (exact) mass is 277 g/mol. The Labute approximate surface area is 120 Å². The van der Waals surface area contributed by atoms with Gasteiger partial charge in [-0.1, -0.05) is 13.8 Å². The summed E-state index contributed by atoms with van der Waals surface area (Å²) in [7, 11) is 0. The number of nitrogens with one attached hydrogen (secondary N) is 1. The fourth-order valence-corrected chi connectivity index (χ4v) is 2.21. The third kappa shape index (κ3) is 3.70. The molecule has 2 rings (SSSR count). The van der Waals surface area contributed by atoms with Crippen molar-refractivity contribution in [3.05, 3.63) is 24.0 Å². The van der Waals surface area contributed by atoms with Gasteiger partial charge in [-0.2, -0.15) is 0 Å². The zero-order valence-electron chi connectivity index (χ0n) is 12.3. The van der Waals surface area contributed by atoms with E-state index in [4.69, 9.17) is 4.74 Å². The molecule has 1 saturated heterocycles. The average molecular weight is 277 g/mol. The molecule has 1 fully saturated rings. The Morgan fingerprint density at radius 2 is 2.35 bits per heavy atom. The third-order valence-electron chi connectivity index (χ3n) is 3.44. The fourth-order valence-electron chi connectivity index (χ4n) is 2.21. The number of aromatic nitrogens is 1. The maximum absolute atomic E-state index is 12.4. The molecule has 5 heteroatoms. The molecule has 2 heterocycles. The number of morpholine rings is 1. The zero-order chi connectivity index (χ0) is 14.4. The maximum atomic E-state index is 12.4. The van der Waals surface area contributed by atoms with Crippen molar-refractivity contribution in [3.8, 4) is 0 Å². The highest BCUT2D eigenvalue weighted by Crippen LogP contribution is 2.13. The molecular formula is C15H23N3O2. The second-order valence-corrected chi connectivity index (χ2v) is 5.01. The van der Waals surface area contributed by atoms with E-state index >= 15 is 0 Å². The van der Waals surface area contributed by atoms with Gasteiger partial charge in [0, 0.05) is 19.6 Å². The summed E-state index contributed by atoms with van der Waals surface area (Å²) in [5.41, 5.74) is 1.46. The molecule has 20 heavy (non-hydrogen) atoms. The number of anilines is 1. The first kappa shape index (κ1) is 14.8. The molecule has 1 amide bonds. The van der Waals surface area contributed by atoms with E-state index in [1.54, 1.807) is 12.3 Å². The number of nitrogens with zero attached hydrogens (tertiary/aromatic N) is 2. The molecule has 0 radical (unpaired) electrons. The summed E-state index contributed by atoms with van der Waals surface area (Å²) in [6.45, 7) is 7.02. The highest BCUT2D eigenvalue weighted by Gasteiger charge is 2.24. The van der Waals surface area contributed by atoms with Gasteiger partial charge < -0.3 is 15.0 Å². The van der Waals surface area contributed by atoms with Crippen molar-refractivity contribution in [1.29, 1.82) is 0 Å². The van der Waals surface area contributed by atoms with E-state index in [0.717, 1.165) is 25.1 Å². The largest absolute Gasteiger partial charge is 0.384 e. The van der Waals surface area contributed by atoms with Gasteiger partial charge in [0.25, 0.3) is 5.91 Å². The fraction of sp³-hybridized carbons (Fsp3) is 0.600. The summed E-state index contributed by atoms with van der Waals surface area (Å²) in [5.74, 6) is -0.00575. The SMILES string of the molecule is CCCNc1ccc(C(=O)N2CCOC(CC)C2)nc1. The lowest BCUT2D eigenvalue weighted by Gasteiger charge is -2.32. The van der Waals surface area contributed by atoms with Crippen LogP contribution in [0.2, 0.25) is 0 Å². The van der Waals surface area contributed by atoms with Gasteiger partial charge in [-0.3, -0.25) is 4.79 Å². The van der Waals surface area contributed by atoms with Gasteiger partial charge in [-0.15, -0.1) is 0 Å². The summed E-state index contributed by atoms with van der Waals surface area (Å²) < 4.78 is 5.58. The maximum Gasteiger partial charge on any atom is 0.272 e. The Morgan fingerprint density at radius 3 is 3.00 bits per heavy atom. The number of rotatable bonds is 5. The topological polar surface area (TPSA) is 54.5 Å². The van der Waals surface area contributed by atoms with E-state index < -0.39 is 0 Å². The van der Waals surface area contributed by atoms with Gasteiger partial charge >= 0.3 is 0 Å². The lowest BCUT2D eigenvalue weighted by atomic mass is 10.2. The van der Waals surface area contributed by atoms with Crippen LogP contribution in [0.25, 0.3) is 0 Å². The first-order chi connectivity index (χ1) is 9.74. The lowest BCUT2D eigenvalue weighted by molar-refractivity contribution is -0.0228. The van der Waals surface area contributed by atoms with Gasteiger partial charge in [-0.05, 0) is 25.0 Å². The van der Waals surface area contributed by atoms with Crippen LogP contribution in [0.1, 0.15) is 37.2 Å². The molecule has 1 aromatic rings. The van der Waals surface area contributed by atoms with Crippen LogP contribution in [0.5, 0.6) is 0 Å². The molecule has 1 aromatic heterocycles. The number of carbonyl (C=O) groups excluding carboxylic acids is 1. The molecule has 0 bridgehead atoms. The molecular weight excluding hydrogens is 254 g/mol.